The number of hydrogen-bond acceptors (Lipinski definition) is 4. The van der Waals surface area contributed by atoms with E-state index < -0.39 is 34.9 Å². The first-order valence-electron chi connectivity index (χ1n) is 6.06. The summed E-state index contributed by atoms with van der Waals surface area (Å²) in [7, 11) is 1.49. The van der Waals surface area contributed by atoms with Gasteiger partial charge in [-0.3, -0.25) is 0 Å². The first-order valence-corrected chi connectivity index (χ1v) is 6.06. The van der Waals surface area contributed by atoms with E-state index in [0.29, 0.717) is 12.5 Å². The van der Waals surface area contributed by atoms with Crippen molar-refractivity contribution in [2.75, 3.05) is 13.7 Å². The minimum absolute atomic E-state index is 0.0184. The third-order valence-corrected chi connectivity index (χ3v) is 2.88. The van der Waals surface area contributed by atoms with Crippen LogP contribution >= 0.6 is 0 Å². The van der Waals surface area contributed by atoms with Crippen LogP contribution in [0.2, 0.25) is 0 Å². The number of pyridine rings is 1. The second-order valence-corrected chi connectivity index (χ2v) is 4.91. The Labute approximate surface area is 119 Å². The third kappa shape index (κ3) is 4.89. The van der Waals surface area contributed by atoms with Gasteiger partial charge in [0.05, 0.1) is 12.2 Å². The number of carbonyl (C=O) groups is 1. The number of carboxylic acid groups (broad SMARTS) is 1. The van der Waals surface area contributed by atoms with Crippen LogP contribution in [-0.4, -0.2) is 35.4 Å². The van der Waals surface area contributed by atoms with Gasteiger partial charge in [0.1, 0.15) is 11.3 Å². The molecule has 1 N–H and O–H groups in total. The molecule has 0 radical (unpaired) electrons. The average Bonchev–Trinajstić information content (AvgIpc) is 2.37. The standard InChI is InChI=1S/C13H16F3NO4/c1-12(2,20-3)6-7-21-10-8(11(18)19)4-5-9(17-10)13(14,15)16/h4-5H,6-7H2,1-3H3,(H,18,19). The van der Waals surface area contributed by atoms with E-state index in [2.05, 4.69) is 4.98 Å². The summed E-state index contributed by atoms with van der Waals surface area (Å²) < 4.78 is 48.0. The number of halogens is 3. The van der Waals surface area contributed by atoms with Gasteiger partial charge in [0.15, 0.2) is 0 Å². The lowest BCUT2D eigenvalue weighted by molar-refractivity contribution is -0.141. The maximum atomic E-state index is 12.6. The summed E-state index contributed by atoms with van der Waals surface area (Å²) in [5.41, 5.74) is -2.16. The molecule has 1 heterocycles. The molecule has 118 valence electrons. The van der Waals surface area contributed by atoms with Crippen LogP contribution in [0, 0.1) is 0 Å². The van der Waals surface area contributed by atoms with Crippen LogP contribution in [-0.2, 0) is 10.9 Å². The molecule has 1 rings (SSSR count). The van der Waals surface area contributed by atoms with E-state index in [0.717, 1.165) is 6.07 Å². The van der Waals surface area contributed by atoms with Crippen LogP contribution in [0.25, 0.3) is 0 Å². The van der Waals surface area contributed by atoms with Gasteiger partial charge in [-0.15, -0.1) is 0 Å². The van der Waals surface area contributed by atoms with Gasteiger partial charge in [0.2, 0.25) is 5.88 Å². The first kappa shape index (κ1) is 17.2. The molecule has 0 bridgehead atoms. The van der Waals surface area contributed by atoms with E-state index in [-0.39, 0.29) is 6.61 Å². The maximum absolute atomic E-state index is 12.6. The number of methoxy groups -OCH3 is 1. The number of aromatic carboxylic acids is 1. The molecule has 0 aromatic carbocycles. The molecular formula is C13H16F3NO4. The van der Waals surface area contributed by atoms with Crippen molar-refractivity contribution in [2.45, 2.75) is 32.0 Å². The molecule has 0 saturated carbocycles. The number of nitrogens with zero attached hydrogens (tertiary/aromatic N) is 1. The van der Waals surface area contributed by atoms with Crippen LogP contribution < -0.4 is 4.74 Å². The molecule has 0 aliphatic carbocycles. The Bertz CT molecular complexity index is 515. The molecule has 0 aliphatic rings. The minimum atomic E-state index is -4.67. The Morgan fingerprint density at radius 3 is 2.43 bits per heavy atom. The van der Waals surface area contributed by atoms with E-state index in [1.807, 2.05) is 0 Å². The number of aromatic nitrogens is 1. The molecule has 0 amide bonds. The number of carboxylic acids is 1. The van der Waals surface area contributed by atoms with E-state index in [1.165, 1.54) is 7.11 Å². The van der Waals surface area contributed by atoms with Crippen molar-refractivity contribution in [1.29, 1.82) is 0 Å². The van der Waals surface area contributed by atoms with Gasteiger partial charge in [0.25, 0.3) is 0 Å². The number of alkyl halides is 3. The van der Waals surface area contributed by atoms with Crippen molar-refractivity contribution in [3.05, 3.63) is 23.4 Å². The highest BCUT2D eigenvalue weighted by Crippen LogP contribution is 2.30. The summed E-state index contributed by atoms with van der Waals surface area (Å²) in [6.45, 7) is 3.53. The lowest BCUT2D eigenvalue weighted by Gasteiger charge is -2.22. The Morgan fingerprint density at radius 1 is 1.33 bits per heavy atom. The second-order valence-electron chi connectivity index (χ2n) is 4.91. The molecular weight excluding hydrogens is 291 g/mol. The van der Waals surface area contributed by atoms with E-state index >= 15 is 0 Å². The summed E-state index contributed by atoms with van der Waals surface area (Å²) in [6.07, 6.45) is -4.30. The van der Waals surface area contributed by atoms with Gasteiger partial charge < -0.3 is 14.6 Å². The molecule has 1 aromatic rings. The Morgan fingerprint density at radius 2 is 1.95 bits per heavy atom. The van der Waals surface area contributed by atoms with Gasteiger partial charge in [-0.05, 0) is 26.0 Å². The summed E-state index contributed by atoms with van der Waals surface area (Å²) in [6, 6.07) is 1.43. The molecule has 5 nitrogen and oxygen atoms in total. The van der Waals surface area contributed by atoms with Crippen LogP contribution in [0.15, 0.2) is 12.1 Å². The number of hydrogen-bond donors (Lipinski definition) is 1. The van der Waals surface area contributed by atoms with E-state index in [1.54, 1.807) is 13.8 Å². The van der Waals surface area contributed by atoms with Crippen molar-refractivity contribution in [3.8, 4) is 5.88 Å². The first-order chi connectivity index (χ1) is 9.57. The Balaban J connectivity index is 2.94. The van der Waals surface area contributed by atoms with Crippen molar-refractivity contribution < 1.29 is 32.5 Å². The summed E-state index contributed by atoms with van der Waals surface area (Å²) in [4.78, 5) is 14.2. The monoisotopic (exact) mass is 307 g/mol. The van der Waals surface area contributed by atoms with Crippen LogP contribution in [0.3, 0.4) is 0 Å². The summed E-state index contributed by atoms with van der Waals surface area (Å²) in [5, 5.41) is 8.94. The predicted octanol–water partition coefficient (Wildman–Crippen LogP) is 2.99. The molecule has 0 atom stereocenters. The molecule has 8 heteroatoms. The predicted molar refractivity (Wildman–Crippen MR) is 67.4 cm³/mol. The van der Waals surface area contributed by atoms with E-state index in [4.69, 9.17) is 14.6 Å². The Hall–Kier alpha value is -1.83. The average molecular weight is 307 g/mol. The fraction of sp³-hybridized carbons (Fsp3) is 0.538. The summed E-state index contributed by atoms with van der Waals surface area (Å²) >= 11 is 0. The van der Waals surface area contributed by atoms with Gasteiger partial charge in [-0.25, -0.2) is 9.78 Å². The van der Waals surface area contributed by atoms with Gasteiger partial charge in [0, 0.05) is 13.5 Å². The third-order valence-electron chi connectivity index (χ3n) is 2.88. The maximum Gasteiger partial charge on any atom is 0.433 e. The quantitative estimate of drug-likeness (QED) is 0.875. The minimum Gasteiger partial charge on any atom is -0.477 e. The zero-order valence-electron chi connectivity index (χ0n) is 11.8. The Kier molecular flexibility index (Phi) is 5.16. The van der Waals surface area contributed by atoms with Gasteiger partial charge in [-0.1, -0.05) is 0 Å². The normalized spacial score (nSPS) is 12.3. The molecule has 0 fully saturated rings. The molecule has 0 spiro atoms. The number of ether oxygens (including phenoxy) is 2. The highest BCUT2D eigenvalue weighted by atomic mass is 19.4. The lowest BCUT2D eigenvalue weighted by Crippen LogP contribution is -2.25. The van der Waals surface area contributed by atoms with Crippen LogP contribution in [0.1, 0.15) is 36.3 Å². The van der Waals surface area contributed by atoms with Crippen molar-refractivity contribution >= 4 is 5.97 Å². The molecule has 0 unspecified atom stereocenters. The summed E-state index contributed by atoms with van der Waals surface area (Å²) in [5.74, 6) is -1.96. The van der Waals surface area contributed by atoms with Crippen molar-refractivity contribution in [3.63, 3.8) is 0 Å². The van der Waals surface area contributed by atoms with Gasteiger partial charge in [-0.2, -0.15) is 13.2 Å². The number of rotatable bonds is 6. The van der Waals surface area contributed by atoms with Crippen LogP contribution in [0.5, 0.6) is 5.88 Å². The fourth-order valence-electron chi connectivity index (χ4n) is 1.37. The molecule has 0 aliphatic heterocycles. The largest absolute Gasteiger partial charge is 0.477 e. The van der Waals surface area contributed by atoms with E-state index in [9.17, 15) is 18.0 Å². The van der Waals surface area contributed by atoms with Gasteiger partial charge >= 0.3 is 12.1 Å². The smallest absolute Gasteiger partial charge is 0.433 e. The lowest BCUT2D eigenvalue weighted by atomic mass is 10.1. The highest BCUT2D eigenvalue weighted by Gasteiger charge is 2.34. The zero-order valence-corrected chi connectivity index (χ0v) is 11.8. The SMILES string of the molecule is COC(C)(C)CCOc1nc(C(F)(F)F)ccc1C(=O)O. The van der Waals surface area contributed by atoms with Crippen LogP contribution in [0.4, 0.5) is 13.2 Å². The topological polar surface area (TPSA) is 68.7 Å². The van der Waals surface area contributed by atoms with Crippen molar-refractivity contribution in [2.24, 2.45) is 0 Å². The molecule has 0 saturated heterocycles. The second kappa shape index (κ2) is 6.30. The van der Waals surface area contributed by atoms with Crippen molar-refractivity contribution in [1.82, 2.24) is 4.98 Å². The molecule has 1 aromatic heterocycles. The highest BCUT2D eigenvalue weighted by molar-refractivity contribution is 5.90. The zero-order chi connectivity index (χ0) is 16.3. The molecule has 21 heavy (non-hydrogen) atoms. The fourth-order valence-corrected chi connectivity index (χ4v) is 1.37.